The van der Waals surface area contributed by atoms with Crippen molar-refractivity contribution in [3.63, 3.8) is 0 Å². The molecule has 4 rings (SSSR count). The summed E-state index contributed by atoms with van der Waals surface area (Å²) in [5.41, 5.74) is 2.29. The molecule has 7 nitrogen and oxygen atoms in total. The van der Waals surface area contributed by atoms with E-state index in [1.165, 1.54) is 13.0 Å². The number of anilines is 2. The summed E-state index contributed by atoms with van der Waals surface area (Å²) in [5, 5.41) is 9.30. The zero-order valence-corrected chi connectivity index (χ0v) is 16.4. The van der Waals surface area contributed by atoms with Crippen molar-refractivity contribution in [1.29, 1.82) is 0 Å². The summed E-state index contributed by atoms with van der Waals surface area (Å²) in [6.45, 7) is 1.46. The van der Waals surface area contributed by atoms with Crippen LogP contribution in [0.2, 0.25) is 0 Å². The van der Waals surface area contributed by atoms with Crippen molar-refractivity contribution in [2.45, 2.75) is 6.92 Å². The third-order valence-corrected chi connectivity index (χ3v) is 4.44. The van der Waals surface area contributed by atoms with Crippen LogP contribution in [0.4, 0.5) is 20.6 Å². The summed E-state index contributed by atoms with van der Waals surface area (Å²) in [5.74, 6) is -0.226. The van der Waals surface area contributed by atoms with Crippen LogP contribution in [-0.4, -0.2) is 22.0 Å². The van der Waals surface area contributed by atoms with Gasteiger partial charge in [0, 0.05) is 22.5 Å². The maximum Gasteiger partial charge on any atom is 0.323 e. The van der Waals surface area contributed by atoms with Crippen LogP contribution in [0.1, 0.15) is 17.3 Å². The second-order valence-corrected chi connectivity index (χ2v) is 6.70. The summed E-state index contributed by atoms with van der Waals surface area (Å²) < 4.78 is 19.1. The van der Waals surface area contributed by atoms with Crippen molar-refractivity contribution in [2.75, 3.05) is 10.6 Å². The Morgan fingerprint density at radius 1 is 0.903 bits per heavy atom. The van der Waals surface area contributed by atoms with E-state index in [4.69, 9.17) is 4.52 Å². The quantitative estimate of drug-likeness (QED) is 0.425. The number of rotatable bonds is 5. The average molecular weight is 416 g/mol. The maximum absolute atomic E-state index is 13.9. The molecular weight excluding hydrogens is 399 g/mol. The number of nitrogens with zero attached hydrogens (tertiary/aromatic N) is 2. The molecule has 2 N–H and O–H groups in total. The minimum atomic E-state index is -0.474. The average Bonchev–Trinajstić information content (AvgIpc) is 3.24. The Kier molecular flexibility index (Phi) is 5.53. The van der Waals surface area contributed by atoms with Crippen LogP contribution in [-0.2, 0) is 0 Å². The molecule has 3 aromatic carbocycles. The van der Waals surface area contributed by atoms with Gasteiger partial charge in [-0.15, -0.1) is 0 Å². The van der Waals surface area contributed by atoms with E-state index >= 15 is 0 Å². The van der Waals surface area contributed by atoms with E-state index in [1.54, 1.807) is 66.7 Å². The molecule has 4 aromatic rings. The molecular formula is C23H17FN4O3. The standard InChI is InChI=1S/C23H17FN4O3/c1-14(29)15-6-4-8-17(12-15)25-23(30)26-18-9-5-7-16(13-18)21-27-22(31-28-21)19-10-2-3-11-20(19)24/h2-13H,1H3,(H2,25,26,30). The van der Waals surface area contributed by atoms with Crippen LogP contribution in [0, 0.1) is 5.82 Å². The normalized spacial score (nSPS) is 10.5. The number of ketones is 1. The molecule has 8 heteroatoms. The van der Waals surface area contributed by atoms with Crippen molar-refractivity contribution in [3.05, 3.63) is 84.2 Å². The first-order valence-corrected chi connectivity index (χ1v) is 9.37. The van der Waals surface area contributed by atoms with Gasteiger partial charge < -0.3 is 15.2 Å². The lowest BCUT2D eigenvalue weighted by molar-refractivity contribution is 0.101. The van der Waals surface area contributed by atoms with E-state index < -0.39 is 11.8 Å². The minimum Gasteiger partial charge on any atom is -0.334 e. The lowest BCUT2D eigenvalue weighted by atomic mass is 10.1. The van der Waals surface area contributed by atoms with Gasteiger partial charge >= 0.3 is 6.03 Å². The number of nitrogens with one attached hydrogen (secondary N) is 2. The predicted molar refractivity (Wildman–Crippen MR) is 114 cm³/mol. The highest BCUT2D eigenvalue weighted by Gasteiger charge is 2.14. The van der Waals surface area contributed by atoms with E-state index in [9.17, 15) is 14.0 Å². The minimum absolute atomic E-state index is 0.0644. The maximum atomic E-state index is 13.9. The van der Waals surface area contributed by atoms with Gasteiger partial charge in [-0.05, 0) is 43.3 Å². The Morgan fingerprint density at radius 3 is 2.35 bits per heavy atom. The van der Waals surface area contributed by atoms with E-state index in [1.807, 2.05) is 0 Å². The first-order chi connectivity index (χ1) is 15.0. The molecule has 0 bridgehead atoms. The number of urea groups is 1. The molecule has 0 radical (unpaired) electrons. The Bertz CT molecular complexity index is 1270. The Balaban J connectivity index is 1.49. The van der Waals surface area contributed by atoms with Crippen LogP contribution in [0.15, 0.2) is 77.3 Å². The number of aromatic nitrogens is 2. The SMILES string of the molecule is CC(=O)c1cccc(NC(=O)Nc2cccc(-c3noc(-c4ccccc4F)n3)c2)c1. The molecule has 0 unspecified atom stereocenters. The van der Waals surface area contributed by atoms with Crippen molar-refractivity contribution in [1.82, 2.24) is 10.1 Å². The molecule has 0 aliphatic rings. The van der Waals surface area contributed by atoms with Crippen LogP contribution in [0.5, 0.6) is 0 Å². The molecule has 1 aromatic heterocycles. The topological polar surface area (TPSA) is 97.1 Å². The van der Waals surface area contributed by atoms with E-state index in [-0.39, 0.29) is 23.1 Å². The fraction of sp³-hybridized carbons (Fsp3) is 0.0435. The Morgan fingerprint density at radius 2 is 1.61 bits per heavy atom. The zero-order valence-electron chi connectivity index (χ0n) is 16.4. The van der Waals surface area contributed by atoms with Crippen LogP contribution < -0.4 is 10.6 Å². The Labute approximate surface area is 176 Å². The number of hydrogen-bond acceptors (Lipinski definition) is 5. The van der Waals surface area contributed by atoms with Gasteiger partial charge in [-0.2, -0.15) is 4.98 Å². The predicted octanol–water partition coefficient (Wildman–Crippen LogP) is 5.39. The van der Waals surface area contributed by atoms with E-state index in [0.29, 0.717) is 22.5 Å². The van der Waals surface area contributed by atoms with Crippen molar-refractivity contribution in [3.8, 4) is 22.8 Å². The summed E-state index contributed by atoms with van der Waals surface area (Å²) in [6, 6.07) is 19.1. The molecule has 0 spiro atoms. The highest BCUT2D eigenvalue weighted by molar-refractivity contribution is 6.01. The van der Waals surface area contributed by atoms with Crippen LogP contribution in [0.25, 0.3) is 22.8 Å². The molecule has 2 amide bonds. The van der Waals surface area contributed by atoms with Gasteiger partial charge in [0.25, 0.3) is 5.89 Å². The van der Waals surface area contributed by atoms with Crippen LogP contribution >= 0.6 is 0 Å². The van der Waals surface area contributed by atoms with E-state index in [0.717, 1.165) is 0 Å². The molecule has 0 atom stereocenters. The van der Waals surface area contributed by atoms with E-state index in [2.05, 4.69) is 20.8 Å². The van der Waals surface area contributed by atoms with Gasteiger partial charge in [-0.3, -0.25) is 4.79 Å². The van der Waals surface area contributed by atoms with Gasteiger partial charge in [0.1, 0.15) is 5.82 Å². The Hall–Kier alpha value is -4.33. The summed E-state index contributed by atoms with van der Waals surface area (Å²) in [6.07, 6.45) is 0. The third-order valence-electron chi connectivity index (χ3n) is 4.44. The van der Waals surface area contributed by atoms with Crippen molar-refractivity contribution < 1.29 is 18.5 Å². The molecule has 0 saturated heterocycles. The van der Waals surface area contributed by atoms with Gasteiger partial charge in [0.15, 0.2) is 5.78 Å². The molecule has 1 heterocycles. The van der Waals surface area contributed by atoms with Gasteiger partial charge in [-0.1, -0.05) is 41.6 Å². The molecule has 0 aliphatic carbocycles. The monoisotopic (exact) mass is 416 g/mol. The van der Waals surface area contributed by atoms with Crippen molar-refractivity contribution in [2.24, 2.45) is 0 Å². The highest BCUT2D eigenvalue weighted by atomic mass is 19.1. The number of carbonyl (C=O) groups excluding carboxylic acids is 2. The molecule has 154 valence electrons. The zero-order chi connectivity index (χ0) is 21.8. The molecule has 0 saturated carbocycles. The number of amides is 2. The molecule has 0 fully saturated rings. The lowest BCUT2D eigenvalue weighted by Crippen LogP contribution is -2.19. The summed E-state index contributed by atoms with van der Waals surface area (Å²) >= 11 is 0. The second kappa shape index (κ2) is 8.58. The number of benzene rings is 3. The highest BCUT2D eigenvalue weighted by Crippen LogP contribution is 2.25. The summed E-state index contributed by atoms with van der Waals surface area (Å²) in [4.78, 5) is 28.1. The fourth-order valence-electron chi connectivity index (χ4n) is 2.93. The van der Waals surface area contributed by atoms with Gasteiger partial charge in [-0.25, -0.2) is 9.18 Å². The van der Waals surface area contributed by atoms with Gasteiger partial charge in [0.05, 0.1) is 5.56 Å². The second-order valence-electron chi connectivity index (χ2n) is 6.70. The van der Waals surface area contributed by atoms with Crippen molar-refractivity contribution >= 4 is 23.2 Å². The number of halogens is 1. The summed E-state index contributed by atoms with van der Waals surface area (Å²) in [7, 11) is 0. The number of Topliss-reactive ketones (excluding diaryl/α,β-unsaturated/α-hetero) is 1. The largest absolute Gasteiger partial charge is 0.334 e. The number of hydrogen-bond donors (Lipinski definition) is 2. The first-order valence-electron chi connectivity index (χ1n) is 9.37. The van der Waals surface area contributed by atoms with Crippen LogP contribution in [0.3, 0.4) is 0 Å². The molecule has 0 aliphatic heterocycles. The third kappa shape index (κ3) is 4.64. The first kappa shape index (κ1) is 20.0. The molecule has 31 heavy (non-hydrogen) atoms. The lowest BCUT2D eigenvalue weighted by Gasteiger charge is -2.09. The fourth-order valence-corrected chi connectivity index (χ4v) is 2.93. The van der Waals surface area contributed by atoms with Gasteiger partial charge in [0.2, 0.25) is 5.82 Å². The smallest absolute Gasteiger partial charge is 0.323 e. The number of carbonyl (C=O) groups is 2.